The van der Waals surface area contributed by atoms with E-state index in [1.54, 1.807) is 18.2 Å². The average molecular weight is 330 g/mol. The van der Waals surface area contributed by atoms with Gasteiger partial charge >= 0.3 is 0 Å². The lowest BCUT2D eigenvalue weighted by atomic mass is 10.0. The second-order valence-corrected chi connectivity index (χ2v) is 6.12. The van der Waals surface area contributed by atoms with E-state index in [2.05, 4.69) is 10.2 Å². The lowest BCUT2D eigenvalue weighted by Crippen LogP contribution is -2.45. The number of piperidine rings is 1. The molecule has 2 aromatic rings. The van der Waals surface area contributed by atoms with Crippen LogP contribution in [0.25, 0.3) is 0 Å². The van der Waals surface area contributed by atoms with Crippen molar-refractivity contribution < 1.29 is 13.6 Å². The zero-order valence-corrected chi connectivity index (χ0v) is 13.3. The van der Waals surface area contributed by atoms with Gasteiger partial charge in [-0.25, -0.2) is 8.78 Å². The van der Waals surface area contributed by atoms with E-state index < -0.39 is 0 Å². The predicted octanol–water partition coefficient (Wildman–Crippen LogP) is 3.29. The fourth-order valence-corrected chi connectivity index (χ4v) is 3.07. The molecule has 3 rings (SSSR count). The van der Waals surface area contributed by atoms with Gasteiger partial charge in [0.25, 0.3) is 0 Å². The first-order valence-electron chi connectivity index (χ1n) is 8.14. The third-order valence-electron chi connectivity index (χ3n) is 4.29. The quantitative estimate of drug-likeness (QED) is 0.933. The van der Waals surface area contributed by atoms with Crippen LogP contribution in [0.2, 0.25) is 0 Å². The molecule has 1 aliphatic heterocycles. The molecule has 3 nitrogen and oxygen atoms in total. The fourth-order valence-electron chi connectivity index (χ4n) is 3.07. The molecule has 1 aliphatic rings. The second kappa shape index (κ2) is 7.43. The van der Waals surface area contributed by atoms with Gasteiger partial charge in [-0.15, -0.1) is 0 Å². The highest BCUT2D eigenvalue weighted by atomic mass is 19.1. The SMILES string of the molecule is O=C(Cc1cccc(F)c1)NC1CCN(c2cccc(F)c2)CC1. The first-order valence-corrected chi connectivity index (χ1v) is 8.14. The van der Waals surface area contributed by atoms with E-state index in [0.29, 0.717) is 5.56 Å². The van der Waals surface area contributed by atoms with Gasteiger partial charge in [-0.05, 0) is 48.7 Å². The van der Waals surface area contributed by atoms with Gasteiger partial charge in [0.15, 0.2) is 0 Å². The number of carbonyl (C=O) groups is 1. The van der Waals surface area contributed by atoms with Gasteiger partial charge in [0, 0.05) is 24.8 Å². The Morgan fingerprint density at radius 2 is 1.71 bits per heavy atom. The minimum absolute atomic E-state index is 0.0928. The Bertz CT molecular complexity index is 712. The molecule has 0 unspecified atom stereocenters. The fraction of sp³-hybridized carbons (Fsp3) is 0.316. The number of halogens is 2. The van der Waals surface area contributed by atoms with Crippen molar-refractivity contribution in [3.05, 3.63) is 65.7 Å². The van der Waals surface area contributed by atoms with E-state index in [4.69, 9.17) is 0 Å². The number of hydrogen-bond donors (Lipinski definition) is 1. The number of anilines is 1. The van der Waals surface area contributed by atoms with Crippen molar-refractivity contribution in [3.63, 3.8) is 0 Å². The average Bonchev–Trinajstić information content (AvgIpc) is 2.55. The molecule has 126 valence electrons. The normalized spacial score (nSPS) is 15.3. The van der Waals surface area contributed by atoms with Crippen LogP contribution in [0.5, 0.6) is 0 Å². The minimum Gasteiger partial charge on any atom is -0.371 e. The van der Waals surface area contributed by atoms with E-state index in [0.717, 1.165) is 31.6 Å². The van der Waals surface area contributed by atoms with E-state index in [-0.39, 0.29) is 30.0 Å². The Morgan fingerprint density at radius 3 is 2.38 bits per heavy atom. The summed E-state index contributed by atoms with van der Waals surface area (Å²) in [5, 5.41) is 3.01. The zero-order valence-electron chi connectivity index (χ0n) is 13.3. The summed E-state index contributed by atoms with van der Waals surface area (Å²) in [7, 11) is 0. The second-order valence-electron chi connectivity index (χ2n) is 6.12. The van der Waals surface area contributed by atoms with Crippen molar-refractivity contribution in [1.29, 1.82) is 0 Å². The summed E-state index contributed by atoms with van der Waals surface area (Å²) in [6.07, 6.45) is 1.80. The first kappa shape index (κ1) is 16.4. The molecule has 1 saturated heterocycles. The minimum atomic E-state index is -0.330. The molecule has 0 atom stereocenters. The molecular formula is C19H20F2N2O. The Labute approximate surface area is 140 Å². The smallest absolute Gasteiger partial charge is 0.224 e. The third-order valence-corrected chi connectivity index (χ3v) is 4.29. The van der Waals surface area contributed by atoms with Crippen LogP contribution in [0.3, 0.4) is 0 Å². The predicted molar refractivity (Wildman–Crippen MR) is 89.9 cm³/mol. The van der Waals surface area contributed by atoms with E-state index in [9.17, 15) is 13.6 Å². The zero-order chi connectivity index (χ0) is 16.9. The van der Waals surface area contributed by atoms with E-state index >= 15 is 0 Å². The van der Waals surface area contributed by atoms with Crippen molar-refractivity contribution in [1.82, 2.24) is 5.32 Å². The maximum Gasteiger partial charge on any atom is 0.224 e. The Morgan fingerprint density at radius 1 is 1.04 bits per heavy atom. The molecule has 1 heterocycles. The molecule has 0 saturated carbocycles. The highest BCUT2D eigenvalue weighted by molar-refractivity contribution is 5.78. The van der Waals surface area contributed by atoms with Gasteiger partial charge in [-0.3, -0.25) is 4.79 Å². The summed E-state index contributed by atoms with van der Waals surface area (Å²) < 4.78 is 26.4. The van der Waals surface area contributed by atoms with Crippen LogP contribution < -0.4 is 10.2 Å². The number of benzene rings is 2. The van der Waals surface area contributed by atoms with Crippen LogP contribution in [0, 0.1) is 11.6 Å². The lowest BCUT2D eigenvalue weighted by molar-refractivity contribution is -0.121. The summed E-state index contributed by atoms with van der Waals surface area (Å²) in [6, 6.07) is 12.8. The van der Waals surface area contributed by atoms with Crippen LogP contribution in [0.1, 0.15) is 18.4 Å². The summed E-state index contributed by atoms with van der Waals surface area (Å²) in [5.74, 6) is -0.661. The first-order chi connectivity index (χ1) is 11.6. The summed E-state index contributed by atoms with van der Waals surface area (Å²) in [6.45, 7) is 1.54. The van der Waals surface area contributed by atoms with Gasteiger partial charge in [-0.1, -0.05) is 18.2 Å². The molecular weight excluding hydrogens is 310 g/mol. The maximum atomic E-state index is 13.3. The number of nitrogens with zero attached hydrogens (tertiary/aromatic N) is 1. The maximum absolute atomic E-state index is 13.3. The summed E-state index contributed by atoms with van der Waals surface area (Å²) in [4.78, 5) is 14.2. The lowest BCUT2D eigenvalue weighted by Gasteiger charge is -2.34. The van der Waals surface area contributed by atoms with Crippen molar-refractivity contribution in [3.8, 4) is 0 Å². The topological polar surface area (TPSA) is 32.3 Å². The van der Waals surface area contributed by atoms with Crippen molar-refractivity contribution in [2.45, 2.75) is 25.3 Å². The number of hydrogen-bond acceptors (Lipinski definition) is 2. The van der Waals surface area contributed by atoms with Gasteiger partial charge in [0.05, 0.1) is 6.42 Å². The third kappa shape index (κ3) is 4.31. The number of rotatable bonds is 4. The molecule has 1 N–H and O–H groups in total. The van der Waals surface area contributed by atoms with Crippen LogP contribution in [0.15, 0.2) is 48.5 Å². The molecule has 0 aliphatic carbocycles. The molecule has 1 fully saturated rings. The van der Waals surface area contributed by atoms with Crippen molar-refractivity contribution in [2.75, 3.05) is 18.0 Å². The van der Waals surface area contributed by atoms with Crippen LogP contribution in [-0.2, 0) is 11.2 Å². The largest absolute Gasteiger partial charge is 0.371 e. The molecule has 1 amide bonds. The van der Waals surface area contributed by atoms with E-state index in [1.807, 2.05) is 6.07 Å². The van der Waals surface area contributed by atoms with Gasteiger partial charge < -0.3 is 10.2 Å². The molecule has 0 aromatic heterocycles. The number of nitrogens with one attached hydrogen (secondary N) is 1. The molecule has 0 radical (unpaired) electrons. The van der Waals surface area contributed by atoms with Gasteiger partial charge in [-0.2, -0.15) is 0 Å². The monoisotopic (exact) mass is 330 g/mol. The van der Waals surface area contributed by atoms with Crippen molar-refractivity contribution >= 4 is 11.6 Å². The highest BCUT2D eigenvalue weighted by Gasteiger charge is 2.21. The standard InChI is InChI=1S/C19H20F2N2O/c20-15-4-1-3-14(11-15)12-19(24)22-17-7-9-23(10-8-17)18-6-2-5-16(21)13-18/h1-6,11,13,17H,7-10,12H2,(H,22,24). The summed E-state index contributed by atoms with van der Waals surface area (Å²) in [5.41, 5.74) is 1.55. The van der Waals surface area contributed by atoms with Crippen LogP contribution in [-0.4, -0.2) is 25.0 Å². The van der Waals surface area contributed by atoms with Crippen LogP contribution in [0.4, 0.5) is 14.5 Å². The number of carbonyl (C=O) groups excluding carboxylic acids is 1. The highest BCUT2D eigenvalue weighted by Crippen LogP contribution is 2.20. The van der Waals surface area contributed by atoms with Gasteiger partial charge in [0.1, 0.15) is 11.6 Å². The van der Waals surface area contributed by atoms with Gasteiger partial charge in [0.2, 0.25) is 5.91 Å². The van der Waals surface area contributed by atoms with E-state index in [1.165, 1.54) is 24.3 Å². The van der Waals surface area contributed by atoms with Crippen molar-refractivity contribution in [2.24, 2.45) is 0 Å². The Kier molecular flexibility index (Phi) is 5.08. The molecule has 0 bridgehead atoms. The molecule has 5 heteroatoms. The molecule has 24 heavy (non-hydrogen) atoms. The molecule has 0 spiro atoms. The summed E-state index contributed by atoms with van der Waals surface area (Å²) >= 11 is 0. The Hall–Kier alpha value is -2.43. The molecule has 2 aromatic carbocycles. The Balaban J connectivity index is 1.49. The van der Waals surface area contributed by atoms with Crippen LogP contribution >= 0.6 is 0 Å². The number of amides is 1.